The first-order valence-electron chi connectivity index (χ1n) is 9.64. The highest BCUT2D eigenvalue weighted by molar-refractivity contribution is 5.93. The quantitative estimate of drug-likeness (QED) is 0.846. The van der Waals surface area contributed by atoms with Gasteiger partial charge in [0.15, 0.2) is 0 Å². The summed E-state index contributed by atoms with van der Waals surface area (Å²) in [6.07, 6.45) is 2.71. The Labute approximate surface area is 159 Å². The number of anilines is 2. The average molecular weight is 358 g/mol. The van der Waals surface area contributed by atoms with E-state index in [1.165, 1.54) is 11.4 Å². The van der Waals surface area contributed by atoms with Crippen LogP contribution in [-0.4, -0.2) is 37.0 Å². The number of amides is 1. The van der Waals surface area contributed by atoms with Crippen LogP contribution in [0, 0.1) is 19.3 Å². The number of benzene rings is 1. The van der Waals surface area contributed by atoms with E-state index < -0.39 is 0 Å². The van der Waals surface area contributed by atoms with Gasteiger partial charge in [-0.15, -0.1) is 0 Å². The van der Waals surface area contributed by atoms with Crippen molar-refractivity contribution in [3.63, 3.8) is 0 Å². The Morgan fingerprint density at radius 3 is 2.12 bits per heavy atom. The van der Waals surface area contributed by atoms with Gasteiger partial charge in [-0.05, 0) is 56.4 Å². The standard InChI is InChI=1S/C22H35N3O/c1-8-18(4)24-9-11-25(12-10-24)19-13-16(2)21(17(3)14-19)23-20(26)15-22(5,6)7/h8,13-14H,9-12,15H2,1-7H3,(H,23,26)/b18-8+. The fourth-order valence-corrected chi connectivity index (χ4v) is 3.49. The molecule has 0 saturated carbocycles. The van der Waals surface area contributed by atoms with E-state index in [1.54, 1.807) is 0 Å². The van der Waals surface area contributed by atoms with Crippen LogP contribution in [0.25, 0.3) is 0 Å². The van der Waals surface area contributed by atoms with Crippen molar-refractivity contribution in [2.45, 2.75) is 54.9 Å². The summed E-state index contributed by atoms with van der Waals surface area (Å²) in [6.45, 7) is 18.9. The van der Waals surface area contributed by atoms with Crippen molar-refractivity contribution in [2.24, 2.45) is 5.41 Å². The molecule has 1 amide bonds. The molecule has 0 spiro atoms. The van der Waals surface area contributed by atoms with Crippen molar-refractivity contribution in [1.82, 2.24) is 4.90 Å². The summed E-state index contributed by atoms with van der Waals surface area (Å²) in [5.41, 5.74) is 5.84. The Morgan fingerprint density at radius 2 is 1.65 bits per heavy atom. The van der Waals surface area contributed by atoms with E-state index >= 15 is 0 Å². The van der Waals surface area contributed by atoms with Crippen molar-refractivity contribution in [3.8, 4) is 0 Å². The normalized spacial score (nSPS) is 16.0. The van der Waals surface area contributed by atoms with Crippen LogP contribution < -0.4 is 10.2 Å². The van der Waals surface area contributed by atoms with Crippen LogP contribution in [0.15, 0.2) is 23.9 Å². The zero-order chi connectivity index (χ0) is 19.5. The molecule has 2 rings (SSSR count). The molecule has 0 aromatic heterocycles. The van der Waals surface area contributed by atoms with Gasteiger partial charge in [-0.25, -0.2) is 0 Å². The smallest absolute Gasteiger partial charge is 0.224 e. The van der Waals surface area contributed by atoms with E-state index in [9.17, 15) is 4.79 Å². The van der Waals surface area contributed by atoms with Gasteiger partial charge in [0, 0.05) is 49.7 Å². The number of hydrogen-bond donors (Lipinski definition) is 1. The van der Waals surface area contributed by atoms with E-state index in [0.29, 0.717) is 6.42 Å². The molecule has 0 aliphatic carbocycles. The fraction of sp³-hybridized carbons (Fsp3) is 0.591. The van der Waals surface area contributed by atoms with Crippen LogP contribution in [0.5, 0.6) is 0 Å². The summed E-state index contributed by atoms with van der Waals surface area (Å²) in [5.74, 6) is 0.0897. The van der Waals surface area contributed by atoms with Gasteiger partial charge in [0.05, 0.1) is 0 Å². The number of nitrogens with zero attached hydrogens (tertiary/aromatic N) is 2. The summed E-state index contributed by atoms with van der Waals surface area (Å²) in [5, 5.41) is 3.12. The fourth-order valence-electron chi connectivity index (χ4n) is 3.49. The number of rotatable bonds is 4. The van der Waals surface area contributed by atoms with Gasteiger partial charge < -0.3 is 15.1 Å². The largest absolute Gasteiger partial charge is 0.372 e. The van der Waals surface area contributed by atoms with Gasteiger partial charge in [0.1, 0.15) is 0 Å². The topological polar surface area (TPSA) is 35.6 Å². The molecule has 1 aromatic carbocycles. The van der Waals surface area contributed by atoms with Gasteiger partial charge in [-0.2, -0.15) is 0 Å². The van der Waals surface area contributed by atoms with Crippen molar-refractivity contribution >= 4 is 17.3 Å². The van der Waals surface area contributed by atoms with E-state index in [-0.39, 0.29) is 11.3 Å². The highest BCUT2D eigenvalue weighted by Crippen LogP contribution is 2.29. The predicted molar refractivity (Wildman–Crippen MR) is 112 cm³/mol. The molecule has 1 aromatic rings. The van der Waals surface area contributed by atoms with Crippen molar-refractivity contribution in [1.29, 1.82) is 0 Å². The van der Waals surface area contributed by atoms with Crippen LogP contribution in [0.2, 0.25) is 0 Å². The van der Waals surface area contributed by atoms with Gasteiger partial charge in [0.2, 0.25) is 5.91 Å². The summed E-state index contributed by atoms with van der Waals surface area (Å²) in [6, 6.07) is 4.41. The van der Waals surface area contributed by atoms with E-state index in [1.807, 2.05) is 0 Å². The Balaban J connectivity index is 2.09. The monoisotopic (exact) mass is 357 g/mol. The number of hydrogen-bond acceptors (Lipinski definition) is 3. The second-order valence-electron chi connectivity index (χ2n) is 8.64. The first-order chi connectivity index (χ1) is 12.1. The Morgan fingerprint density at radius 1 is 1.12 bits per heavy atom. The van der Waals surface area contributed by atoms with E-state index in [0.717, 1.165) is 43.0 Å². The number of nitrogens with one attached hydrogen (secondary N) is 1. The second kappa shape index (κ2) is 8.15. The van der Waals surface area contributed by atoms with Gasteiger partial charge in [0.25, 0.3) is 0 Å². The summed E-state index contributed by atoms with van der Waals surface area (Å²) < 4.78 is 0. The average Bonchev–Trinajstić information content (AvgIpc) is 2.55. The lowest BCUT2D eigenvalue weighted by Gasteiger charge is -2.38. The third kappa shape index (κ3) is 5.26. The first-order valence-corrected chi connectivity index (χ1v) is 9.64. The molecule has 0 atom stereocenters. The molecule has 0 bridgehead atoms. The molecule has 1 aliphatic rings. The minimum absolute atomic E-state index is 0.00340. The zero-order valence-corrected chi connectivity index (χ0v) is 17.6. The molecule has 1 saturated heterocycles. The third-order valence-corrected chi connectivity index (χ3v) is 5.03. The molecule has 1 aliphatic heterocycles. The maximum absolute atomic E-state index is 12.3. The lowest BCUT2D eigenvalue weighted by Crippen LogP contribution is -2.45. The maximum Gasteiger partial charge on any atom is 0.224 e. The molecule has 4 nitrogen and oxygen atoms in total. The SMILES string of the molecule is C/C=C(\C)N1CCN(c2cc(C)c(NC(=O)CC(C)(C)C)c(C)c2)CC1. The van der Waals surface area contributed by atoms with Crippen LogP contribution in [-0.2, 0) is 4.79 Å². The molecule has 1 heterocycles. The minimum atomic E-state index is -0.00340. The van der Waals surface area contributed by atoms with Crippen LogP contribution >= 0.6 is 0 Å². The predicted octanol–water partition coefficient (Wildman–Crippen LogP) is 4.72. The zero-order valence-electron chi connectivity index (χ0n) is 17.6. The second-order valence-corrected chi connectivity index (χ2v) is 8.64. The Kier molecular flexibility index (Phi) is 6.38. The third-order valence-electron chi connectivity index (χ3n) is 5.03. The molecule has 26 heavy (non-hydrogen) atoms. The molecule has 4 heteroatoms. The van der Waals surface area contributed by atoms with E-state index in [2.05, 4.69) is 81.8 Å². The summed E-state index contributed by atoms with van der Waals surface area (Å²) >= 11 is 0. The molecular weight excluding hydrogens is 322 g/mol. The van der Waals surface area contributed by atoms with Crippen LogP contribution in [0.4, 0.5) is 11.4 Å². The first kappa shape index (κ1) is 20.3. The molecule has 1 fully saturated rings. The van der Waals surface area contributed by atoms with Crippen LogP contribution in [0.1, 0.15) is 52.2 Å². The van der Waals surface area contributed by atoms with Gasteiger partial charge in [-0.1, -0.05) is 26.8 Å². The molecular formula is C22H35N3O. The minimum Gasteiger partial charge on any atom is -0.372 e. The number of allylic oxidation sites excluding steroid dienone is 2. The van der Waals surface area contributed by atoms with Crippen molar-refractivity contribution in [3.05, 3.63) is 35.0 Å². The molecule has 1 N–H and O–H groups in total. The number of carbonyl (C=O) groups is 1. The van der Waals surface area contributed by atoms with E-state index in [4.69, 9.17) is 0 Å². The Bertz CT molecular complexity index is 654. The molecule has 0 unspecified atom stereocenters. The highest BCUT2D eigenvalue weighted by Gasteiger charge is 2.20. The van der Waals surface area contributed by atoms with Gasteiger partial charge in [-0.3, -0.25) is 4.79 Å². The summed E-state index contributed by atoms with van der Waals surface area (Å²) in [4.78, 5) is 17.2. The van der Waals surface area contributed by atoms with Crippen molar-refractivity contribution < 1.29 is 4.79 Å². The summed E-state index contributed by atoms with van der Waals surface area (Å²) in [7, 11) is 0. The number of carbonyl (C=O) groups excluding carboxylic acids is 1. The number of piperazine rings is 1. The van der Waals surface area contributed by atoms with Crippen molar-refractivity contribution in [2.75, 3.05) is 36.4 Å². The van der Waals surface area contributed by atoms with Crippen LogP contribution in [0.3, 0.4) is 0 Å². The lowest BCUT2D eigenvalue weighted by molar-refractivity contribution is -0.117. The molecule has 0 radical (unpaired) electrons. The van der Waals surface area contributed by atoms with Gasteiger partial charge >= 0.3 is 0 Å². The lowest BCUT2D eigenvalue weighted by atomic mass is 9.92. The molecule has 144 valence electrons. The maximum atomic E-state index is 12.3. The highest BCUT2D eigenvalue weighted by atomic mass is 16.1. The number of aryl methyl sites for hydroxylation is 2. The Hall–Kier alpha value is -1.97.